The summed E-state index contributed by atoms with van der Waals surface area (Å²) >= 11 is 1.28. The Balaban J connectivity index is 1.67. The van der Waals surface area contributed by atoms with E-state index in [1.54, 1.807) is 19.2 Å². The third-order valence-corrected chi connectivity index (χ3v) is 7.64. The van der Waals surface area contributed by atoms with Crippen molar-refractivity contribution in [2.24, 2.45) is 4.99 Å². The van der Waals surface area contributed by atoms with Gasteiger partial charge in [-0.25, -0.2) is 12.8 Å². The fourth-order valence-corrected chi connectivity index (χ4v) is 5.68. The monoisotopic (exact) mass is 542 g/mol. The summed E-state index contributed by atoms with van der Waals surface area (Å²) in [5.41, 5.74) is 1.78. The number of amides is 2. The molecule has 0 unspecified atom stereocenters. The van der Waals surface area contributed by atoms with Crippen molar-refractivity contribution in [1.82, 2.24) is 4.57 Å². The number of anilines is 2. The second-order valence-electron chi connectivity index (χ2n) is 7.95. The molecule has 192 valence electrons. The Hall–Kier alpha value is -3.87. The summed E-state index contributed by atoms with van der Waals surface area (Å²) in [6, 6.07) is 15.8. The van der Waals surface area contributed by atoms with Crippen LogP contribution in [-0.2, 0) is 26.1 Å². The molecule has 0 aliphatic heterocycles. The Labute approximate surface area is 216 Å². The first-order valence-electron chi connectivity index (χ1n) is 11.0. The van der Waals surface area contributed by atoms with Crippen LogP contribution in [0.3, 0.4) is 0 Å². The first kappa shape index (κ1) is 26.2. The summed E-state index contributed by atoms with van der Waals surface area (Å²) in [6.45, 7) is 2.26. The molecular weight excluding hydrogens is 519 g/mol. The lowest BCUT2D eigenvalue weighted by Gasteiger charge is -2.09. The quantitative estimate of drug-likeness (QED) is 0.349. The average molecular weight is 543 g/mol. The van der Waals surface area contributed by atoms with E-state index in [0.29, 0.717) is 23.6 Å². The first-order valence-corrected chi connectivity index (χ1v) is 13.3. The fourth-order valence-electron chi connectivity index (χ4n) is 3.53. The number of carbonyl (C=O) groups excluding carboxylic acids is 2. The number of halogens is 1. The van der Waals surface area contributed by atoms with Gasteiger partial charge in [0, 0.05) is 37.5 Å². The number of benzene rings is 3. The number of thiazole rings is 1. The molecule has 4 aromatic rings. The zero-order valence-corrected chi connectivity index (χ0v) is 21.5. The van der Waals surface area contributed by atoms with Gasteiger partial charge in [-0.3, -0.25) is 14.3 Å². The maximum Gasteiger partial charge on any atom is 0.279 e. The van der Waals surface area contributed by atoms with Crippen LogP contribution >= 0.6 is 11.3 Å². The molecule has 0 saturated heterocycles. The van der Waals surface area contributed by atoms with Crippen molar-refractivity contribution in [3.63, 3.8) is 0 Å². The van der Waals surface area contributed by atoms with Crippen LogP contribution in [0.25, 0.3) is 10.2 Å². The summed E-state index contributed by atoms with van der Waals surface area (Å²) in [5.74, 6) is -1.32. The molecule has 1 aromatic heterocycles. The van der Waals surface area contributed by atoms with Gasteiger partial charge >= 0.3 is 0 Å². The summed E-state index contributed by atoms with van der Waals surface area (Å²) in [4.78, 5) is 29.1. The minimum atomic E-state index is -3.98. The fraction of sp³-hybridized carbons (Fsp3) is 0.160. The standard InChI is InChI=1S/C25H23FN4O5S2/c1-16(31)27-19-8-11-22-23(15-19)36-25(30(22)12-13-35-2)28-24(32)17-4-3-5-20(14-17)29-37(33,34)21-9-6-18(26)7-10-21/h3-11,14-15,29H,12-13H2,1-2H3,(H,27,31). The number of aromatic nitrogens is 1. The van der Waals surface area contributed by atoms with E-state index >= 15 is 0 Å². The number of nitrogens with zero attached hydrogens (tertiary/aromatic N) is 2. The second-order valence-corrected chi connectivity index (χ2v) is 10.6. The average Bonchev–Trinajstić information content (AvgIpc) is 3.18. The number of carbonyl (C=O) groups is 2. The Bertz CT molecular complexity index is 1640. The Kier molecular flexibility index (Phi) is 7.81. The Morgan fingerprint density at radius 1 is 1.05 bits per heavy atom. The lowest BCUT2D eigenvalue weighted by Crippen LogP contribution is -2.19. The van der Waals surface area contributed by atoms with Crippen molar-refractivity contribution in [2.75, 3.05) is 23.8 Å². The minimum absolute atomic E-state index is 0.113. The number of sulfonamides is 1. The Morgan fingerprint density at radius 2 is 1.81 bits per heavy atom. The molecular formula is C25H23FN4O5S2. The van der Waals surface area contributed by atoms with Crippen molar-refractivity contribution >= 4 is 54.8 Å². The molecule has 9 nitrogen and oxygen atoms in total. The molecule has 0 spiro atoms. The van der Waals surface area contributed by atoms with Crippen LogP contribution in [0.5, 0.6) is 0 Å². The number of hydrogen-bond donors (Lipinski definition) is 2. The third-order valence-electron chi connectivity index (χ3n) is 5.21. The van der Waals surface area contributed by atoms with Crippen LogP contribution in [0.2, 0.25) is 0 Å². The number of nitrogens with one attached hydrogen (secondary N) is 2. The number of ether oxygens (including phenoxy) is 1. The highest BCUT2D eigenvalue weighted by Gasteiger charge is 2.16. The van der Waals surface area contributed by atoms with E-state index < -0.39 is 21.7 Å². The summed E-state index contributed by atoms with van der Waals surface area (Å²) in [5, 5.41) is 2.74. The number of hydrogen-bond acceptors (Lipinski definition) is 6. The molecule has 0 aliphatic rings. The zero-order valence-electron chi connectivity index (χ0n) is 19.9. The number of methoxy groups -OCH3 is 1. The highest BCUT2D eigenvalue weighted by molar-refractivity contribution is 7.92. The first-order chi connectivity index (χ1) is 17.7. The van der Waals surface area contributed by atoms with Crippen LogP contribution in [0, 0.1) is 5.82 Å². The summed E-state index contributed by atoms with van der Waals surface area (Å²) < 4.78 is 48.7. The van der Waals surface area contributed by atoms with E-state index in [-0.39, 0.29) is 22.1 Å². The van der Waals surface area contributed by atoms with E-state index in [9.17, 15) is 22.4 Å². The maximum absolute atomic E-state index is 13.2. The predicted octanol–water partition coefficient (Wildman–Crippen LogP) is 3.99. The summed E-state index contributed by atoms with van der Waals surface area (Å²) in [7, 11) is -2.41. The molecule has 0 radical (unpaired) electrons. The molecule has 0 aliphatic carbocycles. The molecule has 37 heavy (non-hydrogen) atoms. The van der Waals surface area contributed by atoms with Crippen LogP contribution < -0.4 is 14.8 Å². The molecule has 2 amide bonds. The van der Waals surface area contributed by atoms with Crippen LogP contribution in [0.1, 0.15) is 17.3 Å². The van der Waals surface area contributed by atoms with Crippen LogP contribution in [0.4, 0.5) is 15.8 Å². The Morgan fingerprint density at radius 3 is 2.51 bits per heavy atom. The lowest BCUT2D eigenvalue weighted by molar-refractivity contribution is -0.114. The van der Waals surface area contributed by atoms with Gasteiger partial charge in [-0.2, -0.15) is 4.99 Å². The van der Waals surface area contributed by atoms with Gasteiger partial charge in [-0.05, 0) is 60.7 Å². The molecule has 3 aromatic carbocycles. The van der Waals surface area contributed by atoms with Crippen molar-refractivity contribution < 1.29 is 27.1 Å². The zero-order chi connectivity index (χ0) is 26.6. The normalized spacial score (nSPS) is 12.0. The van der Waals surface area contributed by atoms with Gasteiger partial charge < -0.3 is 14.6 Å². The van der Waals surface area contributed by atoms with Gasteiger partial charge in [0.1, 0.15) is 5.82 Å². The van der Waals surface area contributed by atoms with Gasteiger partial charge in [0.25, 0.3) is 15.9 Å². The molecule has 4 rings (SSSR count). The number of fused-ring (bicyclic) bond motifs is 1. The van der Waals surface area contributed by atoms with Crippen molar-refractivity contribution in [3.05, 3.63) is 82.9 Å². The SMILES string of the molecule is COCCn1c(=NC(=O)c2cccc(NS(=O)(=O)c3ccc(F)cc3)c2)sc2cc(NC(C)=O)ccc21. The van der Waals surface area contributed by atoms with Gasteiger partial charge in [0.2, 0.25) is 5.91 Å². The predicted molar refractivity (Wildman–Crippen MR) is 140 cm³/mol. The van der Waals surface area contributed by atoms with E-state index in [2.05, 4.69) is 15.0 Å². The second kappa shape index (κ2) is 11.0. The highest BCUT2D eigenvalue weighted by atomic mass is 32.2. The van der Waals surface area contributed by atoms with Gasteiger partial charge in [-0.15, -0.1) is 0 Å². The highest BCUT2D eigenvalue weighted by Crippen LogP contribution is 2.23. The lowest BCUT2D eigenvalue weighted by atomic mass is 10.2. The minimum Gasteiger partial charge on any atom is -0.383 e. The number of rotatable bonds is 8. The van der Waals surface area contributed by atoms with Crippen LogP contribution in [-0.4, -0.2) is 38.5 Å². The molecule has 0 atom stereocenters. The van der Waals surface area contributed by atoms with Crippen molar-refractivity contribution in [2.45, 2.75) is 18.4 Å². The van der Waals surface area contributed by atoms with E-state index in [1.165, 1.54) is 42.5 Å². The topological polar surface area (TPSA) is 119 Å². The van der Waals surface area contributed by atoms with E-state index in [0.717, 1.165) is 34.5 Å². The van der Waals surface area contributed by atoms with Gasteiger partial charge in [0.15, 0.2) is 4.80 Å². The largest absolute Gasteiger partial charge is 0.383 e. The molecule has 2 N–H and O–H groups in total. The van der Waals surface area contributed by atoms with E-state index in [4.69, 9.17) is 4.74 Å². The molecule has 0 bridgehead atoms. The van der Waals surface area contributed by atoms with Crippen molar-refractivity contribution in [1.29, 1.82) is 0 Å². The molecule has 0 fully saturated rings. The van der Waals surface area contributed by atoms with Crippen LogP contribution in [0.15, 0.2) is 76.6 Å². The molecule has 12 heteroatoms. The third kappa shape index (κ3) is 6.28. The smallest absolute Gasteiger partial charge is 0.279 e. The maximum atomic E-state index is 13.2. The summed E-state index contributed by atoms with van der Waals surface area (Å²) in [6.07, 6.45) is 0. The van der Waals surface area contributed by atoms with Gasteiger partial charge in [0.05, 0.1) is 21.7 Å². The molecule has 0 saturated carbocycles. The van der Waals surface area contributed by atoms with E-state index in [1.807, 2.05) is 10.6 Å². The van der Waals surface area contributed by atoms with Crippen molar-refractivity contribution in [3.8, 4) is 0 Å². The molecule has 1 heterocycles. The van der Waals surface area contributed by atoms with Gasteiger partial charge in [-0.1, -0.05) is 17.4 Å².